The van der Waals surface area contributed by atoms with Crippen LogP contribution in [-0.2, 0) is 16.1 Å². The van der Waals surface area contributed by atoms with Crippen LogP contribution in [0.15, 0.2) is 24.3 Å². The molecule has 2 saturated heterocycles. The third-order valence-electron chi connectivity index (χ3n) is 6.07. The van der Waals surface area contributed by atoms with E-state index in [0.717, 1.165) is 31.5 Å². The number of hydrogen-bond donors (Lipinski definition) is 1. The van der Waals surface area contributed by atoms with E-state index in [1.54, 1.807) is 0 Å². The summed E-state index contributed by atoms with van der Waals surface area (Å²) in [5.41, 5.74) is 2.37. The second kappa shape index (κ2) is 8.55. The number of carbonyl (C=O) groups excluding carboxylic acids is 2. The summed E-state index contributed by atoms with van der Waals surface area (Å²) in [7, 11) is 0. The molecule has 4 rings (SSSR count). The Morgan fingerprint density at radius 1 is 1.11 bits per heavy atom. The molecule has 0 unspecified atom stereocenters. The molecule has 0 aromatic heterocycles. The molecule has 2 amide bonds. The van der Waals surface area contributed by atoms with Crippen molar-refractivity contribution in [2.45, 2.75) is 44.7 Å². The summed E-state index contributed by atoms with van der Waals surface area (Å²) in [5, 5.41) is 3.04. The van der Waals surface area contributed by atoms with Gasteiger partial charge in [-0.2, -0.15) is 11.8 Å². The molecule has 146 valence electrons. The molecule has 3 aliphatic rings. The zero-order valence-electron chi connectivity index (χ0n) is 15.9. The number of amides is 2. The minimum absolute atomic E-state index is 0.0148. The van der Waals surface area contributed by atoms with Gasteiger partial charge in [-0.25, -0.2) is 0 Å². The summed E-state index contributed by atoms with van der Waals surface area (Å²) in [6.07, 6.45) is 4.98. The number of hydrogen-bond acceptors (Lipinski definition) is 4. The van der Waals surface area contributed by atoms with E-state index < -0.39 is 0 Å². The molecule has 5 nitrogen and oxygen atoms in total. The molecule has 3 fully saturated rings. The molecule has 1 saturated carbocycles. The van der Waals surface area contributed by atoms with Gasteiger partial charge in [0.1, 0.15) is 0 Å². The average Bonchev–Trinajstić information content (AvgIpc) is 3.37. The molecular formula is C21H29N3O2S. The number of nitrogens with zero attached hydrogens (tertiary/aromatic N) is 2. The lowest BCUT2D eigenvalue weighted by molar-refractivity contribution is -0.130. The van der Waals surface area contributed by atoms with Gasteiger partial charge in [-0.15, -0.1) is 0 Å². The fourth-order valence-electron chi connectivity index (χ4n) is 4.46. The number of benzene rings is 1. The van der Waals surface area contributed by atoms with Crippen molar-refractivity contribution in [3.05, 3.63) is 29.8 Å². The van der Waals surface area contributed by atoms with Crippen LogP contribution in [0.25, 0.3) is 0 Å². The Bertz CT molecular complexity index is 667. The van der Waals surface area contributed by atoms with E-state index in [1.807, 2.05) is 16.7 Å². The van der Waals surface area contributed by atoms with Gasteiger partial charge < -0.3 is 15.1 Å². The lowest BCUT2D eigenvalue weighted by atomic mass is 10.1. The topological polar surface area (TPSA) is 52.7 Å². The van der Waals surface area contributed by atoms with Crippen LogP contribution < -0.4 is 10.2 Å². The third-order valence-corrected chi connectivity index (χ3v) is 7.02. The van der Waals surface area contributed by atoms with Crippen LogP contribution in [0.1, 0.15) is 37.7 Å². The minimum Gasteiger partial charge on any atom is -0.370 e. The zero-order chi connectivity index (χ0) is 18.6. The van der Waals surface area contributed by atoms with Gasteiger partial charge in [0.05, 0.1) is 5.92 Å². The van der Waals surface area contributed by atoms with E-state index in [2.05, 4.69) is 34.5 Å². The SMILES string of the molecule is O=C(NCc1ccc(N2CCSCC2)cc1)[C@H]1CC(=O)N(C2CCCC2)C1. The molecule has 1 N–H and O–H groups in total. The first-order chi connectivity index (χ1) is 13.2. The molecule has 1 atom stereocenters. The van der Waals surface area contributed by atoms with Gasteiger partial charge in [0, 0.05) is 55.8 Å². The fraction of sp³-hybridized carbons (Fsp3) is 0.619. The van der Waals surface area contributed by atoms with Crippen LogP contribution in [-0.4, -0.2) is 53.9 Å². The highest BCUT2D eigenvalue weighted by molar-refractivity contribution is 7.99. The van der Waals surface area contributed by atoms with E-state index in [9.17, 15) is 9.59 Å². The largest absolute Gasteiger partial charge is 0.370 e. The van der Waals surface area contributed by atoms with Gasteiger partial charge in [-0.05, 0) is 30.5 Å². The molecule has 0 radical (unpaired) electrons. The maximum absolute atomic E-state index is 12.5. The van der Waals surface area contributed by atoms with Crippen LogP contribution in [0.3, 0.4) is 0 Å². The van der Waals surface area contributed by atoms with Crippen molar-refractivity contribution in [1.82, 2.24) is 10.2 Å². The van der Waals surface area contributed by atoms with Crippen LogP contribution in [0.5, 0.6) is 0 Å². The van der Waals surface area contributed by atoms with Gasteiger partial charge in [-0.3, -0.25) is 9.59 Å². The highest BCUT2D eigenvalue weighted by Crippen LogP contribution is 2.29. The fourth-order valence-corrected chi connectivity index (χ4v) is 5.36. The number of anilines is 1. The number of carbonyl (C=O) groups is 2. The molecule has 2 aliphatic heterocycles. The summed E-state index contributed by atoms with van der Waals surface area (Å²) >= 11 is 2.01. The summed E-state index contributed by atoms with van der Waals surface area (Å²) in [6, 6.07) is 8.87. The number of nitrogens with one attached hydrogen (secondary N) is 1. The maximum atomic E-state index is 12.5. The monoisotopic (exact) mass is 387 g/mol. The quantitative estimate of drug-likeness (QED) is 0.844. The lowest BCUT2D eigenvalue weighted by Crippen LogP contribution is -2.36. The third kappa shape index (κ3) is 4.42. The Morgan fingerprint density at radius 2 is 1.81 bits per heavy atom. The second-order valence-corrected chi connectivity index (χ2v) is 9.09. The number of likely N-dealkylation sites (tertiary alicyclic amines) is 1. The highest BCUT2D eigenvalue weighted by atomic mass is 32.2. The van der Waals surface area contributed by atoms with E-state index in [0.29, 0.717) is 25.6 Å². The van der Waals surface area contributed by atoms with Crippen molar-refractivity contribution in [3.63, 3.8) is 0 Å². The van der Waals surface area contributed by atoms with Crippen molar-refractivity contribution in [2.24, 2.45) is 5.92 Å². The standard InChI is InChI=1S/C21H29N3O2S/c25-20-13-17(15-24(20)19-3-1-2-4-19)21(26)22-14-16-5-7-18(8-6-16)23-9-11-27-12-10-23/h5-8,17,19H,1-4,9-15H2,(H,22,26)/t17-/m0/s1. The summed E-state index contributed by atoms with van der Waals surface area (Å²) in [5.74, 6) is 2.36. The molecule has 0 spiro atoms. The Kier molecular flexibility index (Phi) is 5.91. The van der Waals surface area contributed by atoms with Crippen LogP contribution in [0, 0.1) is 5.92 Å². The van der Waals surface area contributed by atoms with Crippen molar-refractivity contribution in [2.75, 3.05) is 36.0 Å². The predicted molar refractivity (Wildman–Crippen MR) is 110 cm³/mol. The molecule has 1 aliphatic carbocycles. The van der Waals surface area contributed by atoms with Gasteiger partial charge >= 0.3 is 0 Å². The normalized spacial score (nSPS) is 23.9. The van der Waals surface area contributed by atoms with Gasteiger partial charge in [0.15, 0.2) is 0 Å². The molecule has 6 heteroatoms. The Balaban J connectivity index is 1.27. The van der Waals surface area contributed by atoms with Crippen LogP contribution in [0.4, 0.5) is 5.69 Å². The lowest BCUT2D eigenvalue weighted by Gasteiger charge is -2.28. The van der Waals surface area contributed by atoms with E-state index in [1.165, 1.54) is 30.0 Å². The van der Waals surface area contributed by atoms with Crippen LogP contribution >= 0.6 is 11.8 Å². The van der Waals surface area contributed by atoms with E-state index in [4.69, 9.17) is 0 Å². The summed E-state index contributed by atoms with van der Waals surface area (Å²) < 4.78 is 0. The summed E-state index contributed by atoms with van der Waals surface area (Å²) in [4.78, 5) is 29.2. The Morgan fingerprint density at radius 3 is 2.52 bits per heavy atom. The van der Waals surface area contributed by atoms with Gasteiger partial charge in [0.2, 0.25) is 11.8 Å². The minimum atomic E-state index is -0.191. The van der Waals surface area contributed by atoms with Crippen molar-refractivity contribution in [3.8, 4) is 0 Å². The number of thioether (sulfide) groups is 1. The van der Waals surface area contributed by atoms with Crippen LogP contribution in [0.2, 0.25) is 0 Å². The first-order valence-corrected chi connectivity index (χ1v) is 11.3. The Labute approximate surface area is 165 Å². The van der Waals surface area contributed by atoms with Crippen molar-refractivity contribution < 1.29 is 9.59 Å². The maximum Gasteiger partial charge on any atom is 0.225 e. The molecule has 2 heterocycles. The number of rotatable bonds is 5. The predicted octanol–water partition coefficient (Wildman–Crippen LogP) is 2.65. The summed E-state index contributed by atoms with van der Waals surface area (Å²) in [6.45, 7) is 3.34. The molecule has 0 bridgehead atoms. The highest BCUT2D eigenvalue weighted by Gasteiger charge is 2.38. The smallest absolute Gasteiger partial charge is 0.225 e. The van der Waals surface area contributed by atoms with Gasteiger partial charge in [-0.1, -0.05) is 25.0 Å². The molecule has 27 heavy (non-hydrogen) atoms. The first-order valence-electron chi connectivity index (χ1n) is 10.2. The zero-order valence-corrected chi connectivity index (χ0v) is 16.7. The van der Waals surface area contributed by atoms with Crippen molar-refractivity contribution in [1.29, 1.82) is 0 Å². The van der Waals surface area contributed by atoms with E-state index in [-0.39, 0.29) is 17.7 Å². The molecule has 1 aromatic rings. The average molecular weight is 388 g/mol. The first kappa shape index (κ1) is 18.7. The molecule has 1 aromatic carbocycles. The van der Waals surface area contributed by atoms with Crippen molar-refractivity contribution >= 4 is 29.3 Å². The second-order valence-electron chi connectivity index (χ2n) is 7.87. The van der Waals surface area contributed by atoms with E-state index >= 15 is 0 Å². The molecular weight excluding hydrogens is 358 g/mol. The van der Waals surface area contributed by atoms with Gasteiger partial charge in [0.25, 0.3) is 0 Å². The Hall–Kier alpha value is -1.69.